The maximum atomic E-state index is 5.64. The fraction of sp³-hybridized carbons (Fsp3) is 0.625. The summed E-state index contributed by atoms with van der Waals surface area (Å²) in [4.78, 5) is 4.78. The summed E-state index contributed by atoms with van der Waals surface area (Å²) in [5, 5.41) is 3.66. The SMILES string of the molecule is C=CCON=CC(N)C(C)C. The molecule has 0 amide bonds. The molecule has 64 valence electrons. The molecular weight excluding hydrogens is 140 g/mol. The van der Waals surface area contributed by atoms with Gasteiger partial charge in [0.05, 0.1) is 6.21 Å². The highest BCUT2D eigenvalue weighted by atomic mass is 16.6. The van der Waals surface area contributed by atoms with Crippen molar-refractivity contribution < 1.29 is 4.84 Å². The van der Waals surface area contributed by atoms with E-state index in [4.69, 9.17) is 10.6 Å². The predicted octanol–water partition coefficient (Wildman–Crippen LogP) is 1.16. The molecule has 0 radical (unpaired) electrons. The van der Waals surface area contributed by atoms with E-state index in [1.54, 1.807) is 12.3 Å². The van der Waals surface area contributed by atoms with Gasteiger partial charge in [0, 0.05) is 6.04 Å². The zero-order valence-electron chi connectivity index (χ0n) is 7.16. The molecule has 0 aliphatic heterocycles. The van der Waals surface area contributed by atoms with Crippen LogP contribution in [0.4, 0.5) is 0 Å². The Morgan fingerprint density at radius 2 is 2.27 bits per heavy atom. The largest absolute Gasteiger partial charge is 0.392 e. The minimum atomic E-state index is -0.0279. The molecule has 0 saturated carbocycles. The molecule has 0 saturated heterocycles. The van der Waals surface area contributed by atoms with Crippen LogP contribution in [0, 0.1) is 5.92 Å². The van der Waals surface area contributed by atoms with Crippen LogP contribution in [0.25, 0.3) is 0 Å². The van der Waals surface area contributed by atoms with Crippen LogP contribution in [0.5, 0.6) is 0 Å². The van der Waals surface area contributed by atoms with Crippen LogP contribution in [0.3, 0.4) is 0 Å². The summed E-state index contributed by atoms with van der Waals surface area (Å²) in [6.45, 7) is 7.98. The van der Waals surface area contributed by atoms with Crippen LogP contribution in [0.2, 0.25) is 0 Å². The topological polar surface area (TPSA) is 47.6 Å². The summed E-state index contributed by atoms with van der Waals surface area (Å²) in [7, 11) is 0. The number of rotatable bonds is 5. The lowest BCUT2D eigenvalue weighted by molar-refractivity contribution is 0.175. The zero-order chi connectivity index (χ0) is 8.69. The van der Waals surface area contributed by atoms with Crippen molar-refractivity contribution in [3.63, 3.8) is 0 Å². The highest BCUT2D eigenvalue weighted by molar-refractivity contribution is 5.63. The van der Waals surface area contributed by atoms with Crippen LogP contribution in [-0.4, -0.2) is 18.9 Å². The van der Waals surface area contributed by atoms with Gasteiger partial charge in [-0.2, -0.15) is 0 Å². The molecule has 0 aliphatic carbocycles. The van der Waals surface area contributed by atoms with E-state index in [0.717, 1.165) is 0 Å². The predicted molar refractivity (Wildman–Crippen MR) is 47.5 cm³/mol. The number of nitrogens with two attached hydrogens (primary N) is 1. The van der Waals surface area contributed by atoms with Crippen LogP contribution < -0.4 is 5.73 Å². The van der Waals surface area contributed by atoms with E-state index in [0.29, 0.717) is 12.5 Å². The Hall–Kier alpha value is -0.830. The van der Waals surface area contributed by atoms with Crippen LogP contribution in [0.15, 0.2) is 17.8 Å². The molecule has 11 heavy (non-hydrogen) atoms. The highest BCUT2D eigenvalue weighted by Crippen LogP contribution is 1.94. The van der Waals surface area contributed by atoms with E-state index < -0.39 is 0 Å². The third-order valence-electron chi connectivity index (χ3n) is 1.27. The molecule has 1 atom stereocenters. The van der Waals surface area contributed by atoms with E-state index in [1.165, 1.54) is 0 Å². The number of hydrogen-bond acceptors (Lipinski definition) is 3. The van der Waals surface area contributed by atoms with Crippen LogP contribution in [0.1, 0.15) is 13.8 Å². The fourth-order valence-corrected chi connectivity index (χ4v) is 0.381. The van der Waals surface area contributed by atoms with E-state index in [1.807, 2.05) is 13.8 Å². The third-order valence-corrected chi connectivity index (χ3v) is 1.27. The molecule has 0 fully saturated rings. The van der Waals surface area contributed by atoms with Crippen molar-refractivity contribution in [2.45, 2.75) is 19.9 Å². The normalized spacial score (nSPS) is 13.8. The van der Waals surface area contributed by atoms with Crippen molar-refractivity contribution in [1.82, 2.24) is 0 Å². The first-order valence-electron chi connectivity index (χ1n) is 3.70. The number of oxime groups is 1. The highest BCUT2D eigenvalue weighted by Gasteiger charge is 2.02. The number of nitrogens with zero attached hydrogens (tertiary/aromatic N) is 1. The van der Waals surface area contributed by atoms with Gasteiger partial charge in [0.2, 0.25) is 0 Å². The van der Waals surface area contributed by atoms with Gasteiger partial charge in [-0.05, 0) is 5.92 Å². The standard InChI is InChI=1S/C8H16N2O/c1-4-5-11-10-6-8(9)7(2)3/h4,6-8H,1,5,9H2,2-3H3. The van der Waals surface area contributed by atoms with E-state index >= 15 is 0 Å². The van der Waals surface area contributed by atoms with Gasteiger partial charge in [0.1, 0.15) is 6.61 Å². The zero-order valence-corrected chi connectivity index (χ0v) is 7.16. The van der Waals surface area contributed by atoms with Crippen molar-refractivity contribution in [3.8, 4) is 0 Å². The van der Waals surface area contributed by atoms with Gasteiger partial charge >= 0.3 is 0 Å². The lowest BCUT2D eigenvalue weighted by atomic mass is 10.1. The summed E-state index contributed by atoms with van der Waals surface area (Å²) in [5.74, 6) is 0.395. The summed E-state index contributed by atoms with van der Waals surface area (Å²) in [5.41, 5.74) is 5.64. The Morgan fingerprint density at radius 1 is 1.64 bits per heavy atom. The summed E-state index contributed by atoms with van der Waals surface area (Å²) in [6, 6.07) is -0.0279. The van der Waals surface area contributed by atoms with Crippen molar-refractivity contribution in [1.29, 1.82) is 0 Å². The second kappa shape index (κ2) is 5.92. The maximum absolute atomic E-state index is 5.64. The quantitative estimate of drug-likeness (QED) is 0.281. The van der Waals surface area contributed by atoms with Gasteiger partial charge < -0.3 is 10.6 Å². The molecule has 1 unspecified atom stereocenters. The lowest BCUT2D eigenvalue weighted by Gasteiger charge is -2.07. The second-order valence-corrected chi connectivity index (χ2v) is 2.66. The van der Waals surface area contributed by atoms with Gasteiger partial charge in [-0.15, -0.1) is 0 Å². The van der Waals surface area contributed by atoms with Gasteiger partial charge in [-0.1, -0.05) is 31.7 Å². The summed E-state index contributed by atoms with van der Waals surface area (Å²) in [6.07, 6.45) is 3.24. The van der Waals surface area contributed by atoms with Crippen LogP contribution >= 0.6 is 0 Å². The minimum Gasteiger partial charge on any atom is -0.392 e. The summed E-state index contributed by atoms with van der Waals surface area (Å²) >= 11 is 0. The van der Waals surface area contributed by atoms with Crippen molar-refractivity contribution in [2.75, 3.05) is 6.61 Å². The molecule has 0 aromatic carbocycles. The molecule has 0 spiro atoms. The maximum Gasteiger partial charge on any atom is 0.135 e. The third kappa shape index (κ3) is 5.61. The molecule has 0 heterocycles. The van der Waals surface area contributed by atoms with Gasteiger partial charge in [-0.25, -0.2) is 0 Å². The molecule has 0 aromatic heterocycles. The molecule has 0 aliphatic rings. The Bertz CT molecular complexity index is 132. The Balaban J connectivity index is 3.47. The number of hydrogen-bond donors (Lipinski definition) is 1. The van der Waals surface area contributed by atoms with Gasteiger partial charge in [0.15, 0.2) is 0 Å². The van der Waals surface area contributed by atoms with E-state index in [2.05, 4.69) is 11.7 Å². The van der Waals surface area contributed by atoms with E-state index in [-0.39, 0.29) is 6.04 Å². The minimum absolute atomic E-state index is 0.0279. The van der Waals surface area contributed by atoms with Crippen molar-refractivity contribution in [2.24, 2.45) is 16.8 Å². The average Bonchev–Trinajstić information content (AvgIpc) is 1.97. The Kier molecular flexibility index (Phi) is 5.47. The Morgan fingerprint density at radius 3 is 2.73 bits per heavy atom. The molecule has 3 nitrogen and oxygen atoms in total. The molecule has 2 N–H and O–H groups in total. The van der Waals surface area contributed by atoms with Crippen LogP contribution in [-0.2, 0) is 4.84 Å². The molecule has 0 bridgehead atoms. The first-order valence-corrected chi connectivity index (χ1v) is 3.70. The Labute approximate surface area is 67.9 Å². The van der Waals surface area contributed by atoms with Crippen molar-refractivity contribution >= 4 is 6.21 Å². The van der Waals surface area contributed by atoms with Gasteiger partial charge in [0.25, 0.3) is 0 Å². The molecular formula is C8H16N2O. The average molecular weight is 156 g/mol. The monoisotopic (exact) mass is 156 g/mol. The van der Waals surface area contributed by atoms with Gasteiger partial charge in [-0.3, -0.25) is 0 Å². The molecule has 0 rings (SSSR count). The fourth-order valence-electron chi connectivity index (χ4n) is 0.381. The molecule has 3 heteroatoms. The smallest absolute Gasteiger partial charge is 0.135 e. The second-order valence-electron chi connectivity index (χ2n) is 2.66. The first-order chi connectivity index (χ1) is 5.18. The summed E-state index contributed by atoms with van der Waals surface area (Å²) < 4.78 is 0. The first kappa shape index (κ1) is 10.2. The lowest BCUT2D eigenvalue weighted by Crippen LogP contribution is -2.27. The van der Waals surface area contributed by atoms with E-state index in [9.17, 15) is 0 Å². The van der Waals surface area contributed by atoms with Crippen molar-refractivity contribution in [3.05, 3.63) is 12.7 Å². The molecule has 0 aromatic rings.